The summed E-state index contributed by atoms with van der Waals surface area (Å²) in [6.07, 6.45) is 4.14. The van der Waals surface area contributed by atoms with Crippen molar-refractivity contribution in [3.8, 4) is 0 Å². The maximum atomic E-state index is 10.8. The van der Waals surface area contributed by atoms with Crippen LogP contribution >= 0.6 is 0 Å². The maximum absolute atomic E-state index is 10.8. The molecule has 1 aromatic carbocycles. The first-order valence-corrected chi connectivity index (χ1v) is 6.27. The van der Waals surface area contributed by atoms with Gasteiger partial charge in [-0.15, -0.1) is 0 Å². The fourth-order valence-electron chi connectivity index (χ4n) is 2.49. The Morgan fingerprint density at radius 1 is 1.35 bits per heavy atom. The van der Waals surface area contributed by atoms with E-state index in [1.807, 2.05) is 24.3 Å². The lowest BCUT2D eigenvalue weighted by Crippen LogP contribution is -2.15. The minimum absolute atomic E-state index is 0.282. The van der Waals surface area contributed by atoms with Crippen molar-refractivity contribution in [1.82, 2.24) is 0 Å². The van der Waals surface area contributed by atoms with Gasteiger partial charge >= 0.3 is 0 Å². The largest absolute Gasteiger partial charge is 0.382 e. The molecule has 0 saturated heterocycles. The first kappa shape index (κ1) is 12.0. The molecule has 92 valence electrons. The van der Waals surface area contributed by atoms with Crippen LogP contribution in [-0.2, 0) is 11.2 Å². The Bertz CT molecular complexity index is 386. The fourth-order valence-corrected chi connectivity index (χ4v) is 2.49. The molecule has 0 spiro atoms. The lowest BCUT2D eigenvalue weighted by atomic mass is 10.1. The van der Waals surface area contributed by atoms with Gasteiger partial charge in [0.1, 0.15) is 0 Å². The van der Waals surface area contributed by atoms with Gasteiger partial charge in [0.15, 0.2) is 0 Å². The molecule has 2 rings (SSSR count). The average molecular weight is 232 g/mol. The van der Waals surface area contributed by atoms with Crippen LogP contribution in [0.3, 0.4) is 0 Å². The van der Waals surface area contributed by atoms with Crippen molar-refractivity contribution >= 4 is 11.6 Å². The van der Waals surface area contributed by atoms with Crippen LogP contribution in [0.25, 0.3) is 0 Å². The number of benzene rings is 1. The van der Waals surface area contributed by atoms with Crippen molar-refractivity contribution in [2.24, 2.45) is 11.7 Å². The summed E-state index contributed by atoms with van der Waals surface area (Å²) in [5.74, 6) is 0.553. The minimum atomic E-state index is -0.282. The standard InChI is InChI=1S/C14H20N2O/c1-10-2-5-13(8-10)16-12-6-3-11(4-7-12)9-14(15)17/h3-4,6-7,10,13,16H,2,5,8-9H2,1H3,(H2,15,17). The van der Waals surface area contributed by atoms with Crippen LogP contribution in [-0.4, -0.2) is 11.9 Å². The molecule has 0 aliphatic heterocycles. The quantitative estimate of drug-likeness (QED) is 0.837. The van der Waals surface area contributed by atoms with Gasteiger partial charge in [-0.05, 0) is 42.9 Å². The van der Waals surface area contributed by atoms with Gasteiger partial charge < -0.3 is 11.1 Å². The molecule has 17 heavy (non-hydrogen) atoms. The van der Waals surface area contributed by atoms with Crippen molar-refractivity contribution in [2.45, 2.75) is 38.6 Å². The number of rotatable bonds is 4. The highest BCUT2D eigenvalue weighted by Crippen LogP contribution is 2.27. The molecule has 2 atom stereocenters. The summed E-state index contributed by atoms with van der Waals surface area (Å²) >= 11 is 0. The highest BCUT2D eigenvalue weighted by Gasteiger charge is 2.20. The van der Waals surface area contributed by atoms with Crippen LogP contribution in [0.4, 0.5) is 5.69 Å². The Morgan fingerprint density at radius 2 is 2.06 bits per heavy atom. The predicted molar refractivity (Wildman–Crippen MR) is 69.8 cm³/mol. The molecule has 0 bridgehead atoms. The summed E-state index contributed by atoms with van der Waals surface area (Å²) in [6, 6.07) is 8.59. The van der Waals surface area contributed by atoms with Gasteiger partial charge in [0.25, 0.3) is 0 Å². The first-order valence-electron chi connectivity index (χ1n) is 6.27. The number of nitrogens with one attached hydrogen (secondary N) is 1. The molecule has 1 aromatic rings. The summed E-state index contributed by atoms with van der Waals surface area (Å²) in [7, 11) is 0. The van der Waals surface area contributed by atoms with Crippen LogP contribution in [0.5, 0.6) is 0 Å². The van der Waals surface area contributed by atoms with E-state index >= 15 is 0 Å². The van der Waals surface area contributed by atoms with Crippen LogP contribution in [0.1, 0.15) is 31.7 Å². The van der Waals surface area contributed by atoms with E-state index in [0.717, 1.165) is 17.2 Å². The zero-order chi connectivity index (χ0) is 12.3. The molecule has 1 aliphatic rings. The second-order valence-electron chi connectivity index (χ2n) is 5.10. The smallest absolute Gasteiger partial charge is 0.221 e. The molecule has 3 heteroatoms. The molecule has 1 fully saturated rings. The third kappa shape index (κ3) is 3.48. The van der Waals surface area contributed by atoms with Crippen molar-refractivity contribution < 1.29 is 4.79 Å². The molecular formula is C14H20N2O. The second kappa shape index (κ2) is 5.21. The first-order chi connectivity index (χ1) is 8.13. The average Bonchev–Trinajstić information content (AvgIpc) is 2.66. The molecule has 3 N–H and O–H groups in total. The third-order valence-electron chi connectivity index (χ3n) is 3.40. The topological polar surface area (TPSA) is 55.1 Å². The number of carbonyl (C=O) groups is 1. The van der Waals surface area contributed by atoms with E-state index < -0.39 is 0 Å². The van der Waals surface area contributed by atoms with Gasteiger partial charge in [0.05, 0.1) is 6.42 Å². The van der Waals surface area contributed by atoms with E-state index in [1.165, 1.54) is 19.3 Å². The number of hydrogen-bond donors (Lipinski definition) is 2. The highest BCUT2D eigenvalue weighted by atomic mass is 16.1. The van der Waals surface area contributed by atoms with Crippen LogP contribution < -0.4 is 11.1 Å². The lowest BCUT2D eigenvalue weighted by molar-refractivity contribution is -0.117. The third-order valence-corrected chi connectivity index (χ3v) is 3.40. The van der Waals surface area contributed by atoms with Crippen LogP contribution in [0, 0.1) is 5.92 Å². The summed E-state index contributed by atoms with van der Waals surface area (Å²) in [4.78, 5) is 10.8. The zero-order valence-corrected chi connectivity index (χ0v) is 10.3. The normalized spacial score (nSPS) is 23.6. The summed E-state index contributed by atoms with van der Waals surface area (Å²) in [5.41, 5.74) is 7.27. The zero-order valence-electron chi connectivity index (χ0n) is 10.3. The highest BCUT2D eigenvalue weighted by molar-refractivity contribution is 5.76. The maximum Gasteiger partial charge on any atom is 0.221 e. The minimum Gasteiger partial charge on any atom is -0.382 e. The predicted octanol–water partition coefficient (Wildman–Crippen LogP) is 2.31. The van der Waals surface area contributed by atoms with Crippen molar-refractivity contribution in [2.75, 3.05) is 5.32 Å². The van der Waals surface area contributed by atoms with Gasteiger partial charge in [-0.3, -0.25) is 4.79 Å². The summed E-state index contributed by atoms with van der Waals surface area (Å²) in [6.45, 7) is 2.30. The molecule has 2 unspecified atom stereocenters. The van der Waals surface area contributed by atoms with E-state index in [0.29, 0.717) is 12.5 Å². The van der Waals surface area contributed by atoms with Gasteiger partial charge in [-0.2, -0.15) is 0 Å². The number of carbonyl (C=O) groups excluding carboxylic acids is 1. The van der Waals surface area contributed by atoms with E-state index in [4.69, 9.17) is 5.73 Å². The Balaban J connectivity index is 1.91. The number of hydrogen-bond acceptors (Lipinski definition) is 2. The van der Waals surface area contributed by atoms with E-state index in [1.54, 1.807) is 0 Å². The molecule has 1 saturated carbocycles. The number of amides is 1. The van der Waals surface area contributed by atoms with Gasteiger partial charge in [-0.25, -0.2) is 0 Å². The molecule has 1 amide bonds. The molecule has 0 radical (unpaired) electrons. The number of anilines is 1. The fraction of sp³-hybridized carbons (Fsp3) is 0.500. The lowest BCUT2D eigenvalue weighted by Gasteiger charge is -2.14. The van der Waals surface area contributed by atoms with E-state index in [9.17, 15) is 4.79 Å². The van der Waals surface area contributed by atoms with Crippen molar-refractivity contribution in [1.29, 1.82) is 0 Å². The number of primary amides is 1. The van der Waals surface area contributed by atoms with Crippen LogP contribution in [0.15, 0.2) is 24.3 Å². The van der Waals surface area contributed by atoms with E-state index in [-0.39, 0.29) is 5.91 Å². The molecule has 1 aliphatic carbocycles. The Kier molecular flexibility index (Phi) is 3.67. The second-order valence-corrected chi connectivity index (χ2v) is 5.10. The van der Waals surface area contributed by atoms with Crippen molar-refractivity contribution in [3.63, 3.8) is 0 Å². The number of nitrogens with two attached hydrogens (primary N) is 1. The summed E-state index contributed by atoms with van der Waals surface area (Å²) < 4.78 is 0. The Morgan fingerprint density at radius 3 is 2.59 bits per heavy atom. The SMILES string of the molecule is CC1CCC(Nc2ccc(CC(N)=O)cc2)C1. The Labute approximate surface area is 102 Å². The van der Waals surface area contributed by atoms with Crippen molar-refractivity contribution in [3.05, 3.63) is 29.8 Å². The van der Waals surface area contributed by atoms with E-state index in [2.05, 4.69) is 12.2 Å². The monoisotopic (exact) mass is 232 g/mol. The van der Waals surface area contributed by atoms with Gasteiger partial charge in [0.2, 0.25) is 5.91 Å². The van der Waals surface area contributed by atoms with Crippen LogP contribution in [0.2, 0.25) is 0 Å². The molecular weight excluding hydrogens is 212 g/mol. The Hall–Kier alpha value is -1.51. The molecule has 0 aromatic heterocycles. The molecule has 0 heterocycles. The molecule has 3 nitrogen and oxygen atoms in total. The van der Waals surface area contributed by atoms with Gasteiger partial charge in [-0.1, -0.05) is 19.1 Å². The van der Waals surface area contributed by atoms with Gasteiger partial charge in [0, 0.05) is 11.7 Å². The summed E-state index contributed by atoms with van der Waals surface area (Å²) in [5, 5.41) is 3.54.